The lowest BCUT2D eigenvalue weighted by Crippen LogP contribution is -2.09. The number of aryl methyl sites for hydroxylation is 1. The average Bonchev–Trinajstić information content (AvgIpc) is 2.89. The quantitative estimate of drug-likeness (QED) is 0.795. The van der Waals surface area contributed by atoms with Gasteiger partial charge in [0.15, 0.2) is 0 Å². The second-order valence-electron chi connectivity index (χ2n) is 5.22. The number of hydrogen-bond donors (Lipinski definition) is 0. The molecule has 1 heterocycles. The summed E-state index contributed by atoms with van der Waals surface area (Å²) in [6.07, 6.45) is 9.46. The van der Waals surface area contributed by atoms with Gasteiger partial charge in [-0.1, -0.05) is 28.8 Å². The van der Waals surface area contributed by atoms with E-state index in [9.17, 15) is 0 Å². The standard InChI is InChI=1S/C15H18BrNO/c16-13-8-12-6-3-7-17-15(12)14(9-13)18-10-11-4-1-2-5-11/h7-9,11H,1-6,10H2. The first-order valence-electron chi connectivity index (χ1n) is 6.80. The van der Waals surface area contributed by atoms with E-state index in [4.69, 9.17) is 4.74 Å². The Morgan fingerprint density at radius 3 is 2.94 bits per heavy atom. The number of ether oxygens (including phenoxy) is 1. The molecule has 0 aromatic heterocycles. The van der Waals surface area contributed by atoms with Gasteiger partial charge in [0.2, 0.25) is 0 Å². The summed E-state index contributed by atoms with van der Waals surface area (Å²) >= 11 is 3.56. The van der Waals surface area contributed by atoms with E-state index in [1.165, 1.54) is 31.2 Å². The molecule has 18 heavy (non-hydrogen) atoms. The molecule has 0 radical (unpaired) electrons. The van der Waals surface area contributed by atoms with Crippen molar-refractivity contribution in [3.8, 4) is 5.75 Å². The first kappa shape index (κ1) is 12.2. The van der Waals surface area contributed by atoms with Gasteiger partial charge in [-0.3, -0.25) is 4.99 Å². The lowest BCUT2D eigenvalue weighted by atomic mass is 10.0. The molecule has 1 saturated carbocycles. The second kappa shape index (κ2) is 5.43. The van der Waals surface area contributed by atoms with Crippen molar-refractivity contribution in [3.05, 3.63) is 22.2 Å². The molecule has 0 atom stereocenters. The van der Waals surface area contributed by atoms with Crippen molar-refractivity contribution in [3.63, 3.8) is 0 Å². The number of aliphatic imine (C=N–C) groups is 1. The molecule has 0 amide bonds. The minimum Gasteiger partial charge on any atom is -0.491 e. The maximum Gasteiger partial charge on any atom is 0.146 e. The first-order chi connectivity index (χ1) is 8.83. The minimum atomic E-state index is 0.743. The van der Waals surface area contributed by atoms with E-state index in [1.54, 1.807) is 0 Å². The molecule has 3 heteroatoms. The van der Waals surface area contributed by atoms with Gasteiger partial charge in [0.25, 0.3) is 0 Å². The molecule has 0 unspecified atom stereocenters. The topological polar surface area (TPSA) is 21.6 Å². The van der Waals surface area contributed by atoms with Crippen LogP contribution in [0.5, 0.6) is 5.75 Å². The Balaban J connectivity index is 1.78. The monoisotopic (exact) mass is 307 g/mol. The molecular formula is C15H18BrNO. The van der Waals surface area contributed by atoms with Crippen molar-refractivity contribution in [2.24, 2.45) is 10.9 Å². The van der Waals surface area contributed by atoms with Crippen molar-refractivity contribution in [2.75, 3.05) is 6.61 Å². The normalized spacial score (nSPS) is 18.9. The fourth-order valence-corrected chi connectivity index (χ4v) is 3.32. The number of hydrogen-bond acceptors (Lipinski definition) is 2. The summed E-state index contributed by atoms with van der Waals surface area (Å²) in [4.78, 5) is 4.51. The molecule has 96 valence electrons. The zero-order valence-corrected chi connectivity index (χ0v) is 12.1. The Kier molecular flexibility index (Phi) is 3.69. The van der Waals surface area contributed by atoms with Crippen LogP contribution < -0.4 is 4.74 Å². The third-order valence-corrected chi connectivity index (χ3v) is 4.29. The molecule has 0 spiro atoms. The van der Waals surface area contributed by atoms with Crippen molar-refractivity contribution in [1.29, 1.82) is 0 Å². The molecule has 1 aliphatic heterocycles. The molecule has 0 saturated heterocycles. The van der Waals surface area contributed by atoms with Crippen molar-refractivity contribution in [1.82, 2.24) is 0 Å². The van der Waals surface area contributed by atoms with Crippen LogP contribution in [0.1, 0.15) is 37.7 Å². The molecule has 1 aromatic carbocycles. The number of benzene rings is 1. The van der Waals surface area contributed by atoms with Crippen LogP contribution in [0, 0.1) is 5.92 Å². The van der Waals surface area contributed by atoms with Gasteiger partial charge < -0.3 is 4.74 Å². The van der Waals surface area contributed by atoms with Crippen LogP contribution in [0.3, 0.4) is 0 Å². The molecule has 1 aliphatic carbocycles. The highest BCUT2D eigenvalue weighted by Crippen LogP contribution is 2.38. The minimum absolute atomic E-state index is 0.743. The number of halogens is 1. The smallest absolute Gasteiger partial charge is 0.146 e. The SMILES string of the molecule is Brc1cc2c(c(OCC3CCCC3)c1)N=CCC2. The van der Waals surface area contributed by atoms with Crippen molar-refractivity contribution in [2.45, 2.75) is 38.5 Å². The van der Waals surface area contributed by atoms with E-state index in [0.29, 0.717) is 0 Å². The molecule has 2 nitrogen and oxygen atoms in total. The predicted octanol–water partition coefficient (Wildman–Crippen LogP) is 4.67. The lowest BCUT2D eigenvalue weighted by Gasteiger charge is -2.17. The number of rotatable bonds is 3. The van der Waals surface area contributed by atoms with Gasteiger partial charge >= 0.3 is 0 Å². The van der Waals surface area contributed by atoms with Gasteiger partial charge in [-0.05, 0) is 49.3 Å². The number of nitrogens with zero attached hydrogens (tertiary/aromatic N) is 1. The van der Waals surface area contributed by atoms with E-state index in [1.807, 2.05) is 6.21 Å². The molecule has 1 aromatic rings. The van der Waals surface area contributed by atoms with Crippen LogP contribution in [0.25, 0.3) is 0 Å². The summed E-state index contributed by atoms with van der Waals surface area (Å²) in [6, 6.07) is 4.21. The van der Waals surface area contributed by atoms with Crippen LogP contribution in [0.15, 0.2) is 21.6 Å². The molecule has 0 N–H and O–H groups in total. The van der Waals surface area contributed by atoms with Gasteiger partial charge in [-0.15, -0.1) is 0 Å². The second-order valence-corrected chi connectivity index (χ2v) is 6.14. The Bertz CT molecular complexity index is 464. The van der Waals surface area contributed by atoms with Crippen LogP contribution in [-0.4, -0.2) is 12.8 Å². The van der Waals surface area contributed by atoms with Gasteiger partial charge in [-0.2, -0.15) is 0 Å². The summed E-state index contributed by atoms with van der Waals surface area (Å²) in [5, 5.41) is 0. The third-order valence-electron chi connectivity index (χ3n) is 3.83. The van der Waals surface area contributed by atoms with Crippen LogP contribution in [-0.2, 0) is 6.42 Å². The van der Waals surface area contributed by atoms with Gasteiger partial charge in [0.05, 0.1) is 6.61 Å². The van der Waals surface area contributed by atoms with Crippen LogP contribution >= 0.6 is 15.9 Å². The zero-order chi connectivity index (χ0) is 12.4. The van der Waals surface area contributed by atoms with E-state index in [0.717, 1.165) is 41.3 Å². The van der Waals surface area contributed by atoms with Gasteiger partial charge in [0, 0.05) is 10.7 Å². The molecule has 3 rings (SSSR count). The highest BCUT2D eigenvalue weighted by molar-refractivity contribution is 9.10. The molecule has 1 fully saturated rings. The highest BCUT2D eigenvalue weighted by Gasteiger charge is 2.18. The van der Waals surface area contributed by atoms with Crippen LogP contribution in [0.2, 0.25) is 0 Å². The van der Waals surface area contributed by atoms with Crippen molar-refractivity contribution >= 4 is 27.8 Å². The van der Waals surface area contributed by atoms with Crippen LogP contribution in [0.4, 0.5) is 5.69 Å². The Morgan fingerprint density at radius 1 is 1.28 bits per heavy atom. The third kappa shape index (κ3) is 2.61. The van der Waals surface area contributed by atoms with E-state index in [2.05, 4.69) is 33.1 Å². The Hall–Kier alpha value is -0.830. The van der Waals surface area contributed by atoms with Crippen molar-refractivity contribution < 1.29 is 4.74 Å². The molecule has 0 bridgehead atoms. The zero-order valence-electron chi connectivity index (χ0n) is 10.5. The summed E-state index contributed by atoms with van der Waals surface area (Å²) in [5.41, 5.74) is 2.34. The lowest BCUT2D eigenvalue weighted by molar-refractivity contribution is 0.252. The fourth-order valence-electron chi connectivity index (χ4n) is 2.84. The van der Waals surface area contributed by atoms with Gasteiger partial charge in [0.1, 0.15) is 11.4 Å². The summed E-state index contributed by atoms with van der Waals surface area (Å²) in [6.45, 7) is 0.846. The van der Waals surface area contributed by atoms with E-state index in [-0.39, 0.29) is 0 Å². The molecular weight excluding hydrogens is 290 g/mol. The number of fused-ring (bicyclic) bond motifs is 1. The summed E-state index contributed by atoms with van der Waals surface area (Å²) in [7, 11) is 0. The summed E-state index contributed by atoms with van der Waals surface area (Å²) in [5.74, 6) is 1.69. The van der Waals surface area contributed by atoms with E-state index >= 15 is 0 Å². The average molecular weight is 308 g/mol. The van der Waals surface area contributed by atoms with Gasteiger partial charge in [-0.25, -0.2) is 0 Å². The first-order valence-corrected chi connectivity index (χ1v) is 7.60. The largest absolute Gasteiger partial charge is 0.491 e. The fraction of sp³-hybridized carbons (Fsp3) is 0.533. The predicted molar refractivity (Wildman–Crippen MR) is 78.1 cm³/mol. The molecule has 2 aliphatic rings. The Morgan fingerprint density at radius 2 is 2.11 bits per heavy atom. The highest BCUT2D eigenvalue weighted by atomic mass is 79.9. The Labute approximate surface area is 117 Å². The maximum absolute atomic E-state index is 6.03. The maximum atomic E-state index is 6.03. The van der Waals surface area contributed by atoms with E-state index < -0.39 is 0 Å². The summed E-state index contributed by atoms with van der Waals surface area (Å²) < 4.78 is 7.12.